The van der Waals surface area contributed by atoms with Gasteiger partial charge in [-0.25, -0.2) is 23.7 Å². The van der Waals surface area contributed by atoms with Gasteiger partial charge in [-0.15, -0.1) is 0 Å². The number of sulfonamides is 1. The Hall–Kier alpha value is -2.33. The van der Waals surface area contributed by atoms with Crippen LogP contribution >= 0.6 is 0 Å². The molecule has 2 aromatic carbocycles. The minimum absolute atomic E-state index is 0.120. The van der Waals surface area contributed by atoms with Gasteiger partial charge in [0.05, 0.1) is 19.0 Å². The van der Waals surface area contributed by atoms with Gasteiger partial charge >= 0.3 is 0 Å². The highest BCUT2D eigenvalue weighted by Crippen LogP contribution is 2.21. The Morgan fingerprint density at radius 1 is 1.18 bits per heavy atom. The second kappa shape index (κ2) is 8.78. The van der Waals surface area contributed by atoms with Crippen molar-refractivity contribution in [2.45, 2.75) is 25.2 Å². The second-order valence-corrected chi connectivity index (χ2v) is 8.75. The smallest absolute Gasteiger partial charge is 0.236 e. The summed E-state index contributed by atoms with van der Waals surface area (Å²) in [6.07, 6.45) is 1.20. The maximum absolute atomic E-state index is 13.4. The van der Waals surface area contributed by atoms with Crippen LogP contribution in [0.2, 0.25) is 0 Å². The van der Waals surface area contributed by atoms with Crippen LogP contribution in [0.4, 0.5) is 4.39 Å². The van der Waals surface area contributed by atoms with Crippen LogP contribution in [0.25, 0.3) is 0 Å². The molecule has 0 saturated carbocycles. The van der Waals surface area contributed by atoms with Crippen LogP contribution in [0.3, 0.4) is 0 Å². The van der Waals surface area contributed by atoms with E-state index >= 15 is 0 Å². The summed E-state index contributed by atoms with van der Waals surface area (Å²) >= 11 is 0. The van der Waals surface area contributed by atoms with E-state index in [1.54, 1.807) is 12.1 Å². The zero-order valence-electron chi connectivity index (χ0n) is 15.4. The first-order chi connectivity index (χ1) is 13.3. The number of benzene rings is 2. The van der Waals surface area contributed by atoms with Gasteiger partial charge in [0.25, 0.3) is 0 Å². The van der Waals surface area contributed by atoms with Crippen molar-refractivity contribution in [3.8, 4) is 0 Å². The molecule has 9 heteroatoms. The van der Waals surface area contributed by atoms with Gasteiger partial charge in [-0.2, -0.15) is 4.31 Å². The van der Waals surface area contributed by atoms with E-state index in [2.05, 4.69) is 16.2 Å². The molecule has 0 aliphatic carbocycles. The number of nitrogens with one attached hydrogen (secondary N) is 3. The maximum atomic E-state index is 13.4. The molecule has 1 heterocycles. The number of hydrazine groups is 1. The van der Waals surface area contributed by atoms with Gasteiger partial charge in [-0.3, -0.25) is 4.79 Å². The molecule has 1 aliphatic heterocycles. The first-order valence-electron chi connectivity index (χ1n) is 8.86. The van der Waals surface area contributed by atoms with Gasteiger partial charge in [0, 0.05) is 19.0 Å². The topological polar surface area (TPSA) is 90.5 Å². The minimum atomic E-state index is -3.56. The molecule has 3 rings (SSSR count). The summed E-state index contributed by atoms with van der Waals surface area (Å²) in [5, 5.41) is 2.77. The number of rotatable bonds is 7. The normalized spacial score (nSPS) is 19.7. The third-order valence-electron chi connectivity index (χ3n) is 4.48. The second-order valence-electron chi connectivity index (χ2n) is 6.77. The molecule has 1 aliphatic rings. The zero-order chi connectivity index (χ0) is 20.1. The number of hydrogen-bond acceptors (Lipinski definition) is 5. The summed E-state index contributed by atoms with van der Waals surface area (Å²) in [5.74, 6) is -0.739. The van der Waals surface area contributed by atoms with Crippen LogP contribution in [0.1, 0.15) is 23.6 Å². The zero-order valence-corrected chi connectivity index (χ0v) is 16.2. The first kappa shape index (κ1) is 20.4. The molecule has 150 valence electrons. The maximum Gasteiger partial charge on any atom is 0.236 e. The summed E-state index contributed by atoms with van der Waals surface area (Å²) in [7, 11) is -3.56. The molecule has 0 aromatic heterocycles. The van der Waals surface area contributed by atoms with Crippen molar-refractivity contribution in [2.24, 2.45) is 0 Å². The third-order valence-corrected chi connectivity index (χ3v) is 5.68. The molecule has 0 bridgehead atoms. The highest BCUT2D eigenvalue weighted by atomic mass is 32.2. The Morgan fingerprint density at radius 3 is 2.61 bits per heavy atom. The Bertz CT molecular complexity index is 924. The van der Waals surface area contributed by atoms with E-state index in [9.17, 15) is 17.6 Å². The van der Waals surface area contributed by atoms with E-state index in [0.29, 0.717) is 6.42 Å². The van der Waals surface area contributed by atoms with Crippen molar-refractivity contribution < 1.29 is 17.6 Å². The lowest BCUT2D eigenvalue weighted by Crippen LogP contribution is -2.48. The van der Waals surface area contributed by atoms with Gasteiger partial charge in [0.15, 0.2) is 0 Å². The number of amides is 1. The van der Waals surface area contributed by atoms with Crippen LogP contribution in [0.5, 0.6) is 0 Å². The average molecular weight is 406 g/mol. The fourth-order valence-corrected chi connectivity index (χ4v) is 3.81. The molecular formula is C19H23FN4O3S. The molecule has 1 fully saturated rings. The van der Waals surface area contributed by atoms with Gasteiger partial charge in [0.1, 0.15) is 5.82 Å². The summed E-state index contributed by atoms with van der Waals surface area (Å²) in [6, 6.07) is 15.2. The molecule has 0 radical (unpaired) electrons. The SMILES string of the molecule is CS(=O)(=O)N(CC(=O)NC1CC(c2cccc(F)c2)NN1)Cc1ccccc1. The summed E-state index contributed by atoms with van der Waals surface area (Å²) in [4.78, 5) is 12.4. The summed E-state index contributed by atoms with van der Waals surface area (Å²) < 4.78 is 38.6. The van der Waals surface area contributed by atoms with Gasteiger partial charge in [-0.05, 0) is 23.3 Å². The van der Waals surface area contributed by atoms with E-state index in [1.165, 1.54) is 12.1 Å². The highest BCUT2D eigenvalue weighted by Gasteiger charge is 2.28. The van der Waals surface area contributed by atoms with Crippen LogP contribution in [-0.4, -0.2) is 37.6 Å². The Balaban J connectivity index is 1.57. The number of carbonyl (C=O) groups excluding carboxylic acids is 1. The number of carbonyl (C=O) groups is 1. The Labute approximate surface area is 164 Å². The monoisotopic (exact) mass is 406 g/mol. The molecule has 0 spiro atoms. The van der Waals surface area contributed by atoms with Crippen LogP contribution in [0, 0.1) is 5.82 Å². The molecule has 3 N–H and O–H groups in total. The first-order valence-corrected chi connectivity index (χ1v) is 10.7. The van der Waals surface area contributed by atoms with Gasteiger partial charge in [0.2, 0.25) is 15.9 Å². The lowest BCUT2D eigenvalue weighted by Gasteiger charge is -2.21. The van der Waals surface area contributed by atoms with Crippen molar-refractivity contribution in [1.29, 1.82) is 0 Å². The number of hydrogen-bond donors (Lipinski definition) is 3. The lowest BCUT2D eigenvalue weighted by atomic mass is 10.0. The predicted octanol–water partition coefficient (Wildman–Crippen LogP) is 1.27. The highest BCUT2D eigenvalue weighted by molar-refractivity contribution is 7.88. The van der Waals surface area contributed by atoms with Crippen molar-refractivity contribution in [3.63, 3.8) is 0 Å². The minimum Gasteiger partial charge on any atom is -0.338 e. The Kier molecular flexibility index (Phi) is 6.40. The van der Waals surface area contributed by atoms with Gasteiger partial charge in [-0.1, -0.05) is 42.5 Å². The average Bonchev–Trinajstić information content (AvgIpc) is 3.10. The van der Waals surface area contributed by atoms with Crippen molar-refractivity contribution in [2.75, 3.05) is 12.8 Å². The summed E-state index contributed by atoms with van der Waals surface area (Å²) in [6.45, 7) is -0.161. The molecule has 2 aromatic rings. The van der Waals surface area contributed by atoms with Crippen LogP contribution in [0.15, 0.2) is 54.6 Å². The fourth-order valence-electron chi connectivity index (χ4n) is 3.07. The van der Waals surface area contributed by atoms with E-state index in [0.717, 1.165) is 21.7 Å². The standard InChI is InChI=1S/C19H23FN4O3S/c1-28(26,27)24(12-14-6-3-2-4-7-14)13-19(25)21-18-11-17(22-23-18)15-8-5-9-16(20)10-15/h2-10,17-18,22-23H,11-13H2,1H3,(H,21,25). The van der Waals surface area contributed by atoms with E-state index in [4.69, 9.17) is 0 Å². The predicted molar refractivity (Wildman–Crippen MR) is 104 cm³/mol. The van der Waals surface area contributed by atoms with Crippen molar-refractivity contribution >= 4 is 15.9 Å². The van der Waals surface area contributed by atoms with Crippen molar-refractivity contribution in [1.82, 2.24) is 20.5 Å². The van der Waals surface area contributed by atoms with Gasteiger partial charge < -0.3 is 5.32 Å². The van der Waals surface area contributed by atoms with E-state index in [1.807, 2.05) is 30.3 Å². The molecule has 2 atom stereocenters. The number of halogens is 1. The molecule has 1 saturated heterocycles. The molecule has 7 nitrogen and oxygen atoms in total. The molecule has 1 amide bonds. The lowest BCUT2D eigenvalue weighted by molar-refractivity contribution is -0.122. The molecule has 28 heavy (non-hydrogen) atoms. The number of nitrogens with zero attached hydrogens (tertiary/aromatic N) is 1. The quantitative estimate of drug-likeness (QED) is 0.644. The largest absolute Gasteiger partial charge is 0.338 e. The van der Waals surface area contributed by atoms with Crippen molar-refractivity contribution in [3.05, 3.63) is 71.5 Å². The van der Waals surface area contributed by atoms with E-state index in [-0.39, 0.29) is 31.1 Å². The third kappa shape index (κ3) is 5.59. The fraction of sp³-hybridized carbons (Fsp3) is 0.316. The van der Waals surface area contributed by atoms with Crippen LogP contribution in [-0.2, 0) is 21.4 Å². The Morgan fingerprint density at radius 2 is 1.93 bits per heavy atom. The summed E-state index contributed by atoms with van der Waals surface area (Å²) in [5.41, 5.74) is 7.53. The molecular weight excluding hydrogens is 383 g/mol. The van der Waals surface area contributed by atoms with E-state index < -0.39 is 15.9 Å². The van der Waals surface area contributed by atoms with Crippen LogP contribution < -0.4 is 16.2 Å². The molecule has 2 unspecified atom stereocenters.